The lowest BCUT2D eigenvalue weighted by Crippen LogP contribution is -2.29. The van der Waals surface area contributed by atoms with Gasteiger partial charge < -0.3 is 10.4 Å². The summed E-state index contributed by atoms with van der Waals surface area (Å²) >= 11 is 0. The molecule has 6 nitrogen and oxygen atoms in total. The normalized spacial score (nSPS) is 12.2. The van der Waals surface area contributed by atoms with Crippen LogP contribution in [0.2, 0.25) is 0 Å². The predicted octanol–water partition coefficient (Wildman–Crippen LogP) is 0.736. The highest BCUT2D eigenvalue weighted by Gasteiger charge is 2.18. The minimum absolute atomic E-state index is 0.397. The number of aliphatic carboxylic acids is 1. The van der Waals surface area contributed by atoms with Crippen LogP contribution in [-0.4, -0.2) is 39.2 Å². The van der Waals surface area contributed by atoms with E-state index in [0.717, 1.165) is 5.56 Å². The Bertz CT molecular complexity index is 499. The lowest BCUT2D eigenvalue weighted by Gasteiger charge is -2.13. The van der Waals surface area contributed by atoms with Crippen molar-refractivity contribution in [3.8, 4) is 0 Å². The Morgan fingerprint density at radius 2 is 2.16 bits per heavy atom. The molecule has 2 N–H and O–H groups in total. The first-order valence-corrected chi connectivity index (χ1v) is 6.10. The standard InChI is InChI=1S/C13H16N4O2/c18-13(19)12(11-4-2-1-3-5-11)10-14-6-8-17-9-7-15-16-17/h1-5,7,9,12,14H,6,8,10H2,(H,18,19). The van der Waals surface area contributed by atoms with Crippen LogP contribution in [0.15, 0.2) is 42.7 Å². The zero-order valence-corrected chi connectivity index (χ0v) is 10.4. The van der Waals surface area contributed by atoms with Gasteiger partial charge in [-0.25, -0.2) is 0 Å². The quantitative estimate of drug-likeness (QED) is 0.718. The molecular formula is C13H16N4O2. The van der Waals surface area contributed by atoms with Gasteiger partial charge in [-0.1, -0.05) is 35.5 Å². The third-order valence-electron chi connectivity index (χ3n) is 2.84. The van der Waals surface area contributed by atoms with E-state index in [-0.39, 0.29) is 0 Å². The van der Waals surface area contributed by atoms with E-state index in [1.54, 1.807) is 17.1 Å². The second kappa shape index (κ2) is 6.65. The smallest absolute Gasteiger partial charge is 0.312 e. The van der Waals surface area contributed by atoms with Gasteiger partial charge in [-0.05, 0) is 5.56 Å². The van der Waals surface area contributed by atoms with Crippen LogP contribution in [0.5, 0.6) is 0 Å². The number of carboxylic acids is 1. The lowest BCUT2D eigenvalue weighted by atomic mass is 9.99. The fraction of sp³-hybridized carbons (Fsp3) is 0.308. The lowest BCUT2D eigenvalue weighted by molar-refractivity contribution is -0.138. The zero-order valence-electron chi connectivity index (χ0n) is 10.4. The minimum Gasteiger partial charge on any atom is -0.481 e. The molecule has 0 aliphatic rings. The number of hydrogen-bond donors (Lipinski definition) is 2. The Hall–Kier alpha value is -2.21. The summed E-state index contributed by atoms with van der Waals surface area (Å²) in [7, 11) is 0. The first kappa shape index (κ1) is 13.2. The van der Waals surface area contributed by atoms with Gasteiger partial charge in [0.2, 0.25) is 0 Å². The predicted molar refractivity (Wildman–Crippen MR) is 69.7 cm³/mol. The summed E-state index contributed by atoms with van der Waals surface area (Å²) in [5, 5.41) is 19.9. The van der Waals surface area contributed by atoms with Gasteiger partial charge in [0, 0.05) is 19.3 Å². The van der Waals surface area contributed by atoms with Crippen LogP contribution in [0.4, 0.5) is 0 Å². The molecule has 1 heterocycles. The van der Waals surface area contributed by atoms with E-state index in [9.17, 15) is 9.90 Å². The van der Waals surface area contributed by atoms with E-state index in [4.69, 9.17) is 0 Å². The summed E-state index contributed by atoms with van der Waals surface area (Å²) in [6.45, 7) is 1.72. The van der Waals surface area contributed by atoms with Crippen molar-refractivity contribution in [2.24, 2.45) is 0 Å². The van der Waals surface area contributed by atoms with Gasteiger partial charge in [0.1, 0.15) is 0 Å². The van der Waals surface area contributed by atoms with Crippen molar-refractivity contribution in [1.82, 2.24) is 20.3 Å². The molecule has 0 spiro atoms. The Morgan fingerprint density at radius 3 is 2.79 bits per heavy atom. The molecule has 1 atom stereocenters. The second-order valence-corrected chi connectivity index (χ2v) is 4.17. The summed E-state index contributed by atoms with van der Waals surface area (Å²) in [4.78, 5) is 11.3. The Kier molecular flexibility index (Phi) is 4.63. The van der Waals surface area contributed by atoms with Crippen LogP contribution in [0, 0.1) is 0 Å². The zero-order chi connectivity index (χ0) is 13.5. The van der Waals surface area contributed by atoms with Crippen LogP contribution >= 0.6 is 0 Å². The number of nitrogens with zero attached hydrogens (tertiary/aromatic N) is 3. The fourth-order valence-electron chi connectivity index (χ4n) is 1.83. The van der Waals surface area contributed by atoms with E-state index in [2.05, 4.69) is 15.6 Å². The van der Waals surface area contributed by atoms with E-state index in [0.29, 0.717) is 19.6 Å². The summed E-state index contributed by atoms with van der Waals surface area (Å²) in [5.74, 6) is -1.35. The largest absolute Gasteiger partial charge is 0.481 e. The Morgan fingerprint density at radius 1 is 1.37 bits per heavy atom. The summed E-state index contributed by atoms with van der Waals surface area (Å²) in [5.41, 5.74) is 0.809. The van der Waals surface area contributed by atoms with E-state index >= 15 is 0 Å². The van der Waals surface area contributed by atoms with E-state index < -0.39 is 11.9 Å². The van der Waals surface area contributed by atoms with Crippen molar-refractivity contribution >= 4 is 5.97 Å². The maximum atomic E-state index is 11.3. The molecule has 0 radical (unpaired) electrons. The first-order chi connectivity index (χ1) is 9.27. The molecule has 0 saturated heterocycles. The van der Waals surface area contributed by atoms with Gasteiger partial charge in [-0.2, -0.15) is 0 Å². The number of benzene rings is 1. The number of nitrogens with one attached hydrogen (secondary N) is 1. The average molecular weight is 260 g/mol. The summed E-state index contributed by atoms with van der Waals surface area (Å²) in [6.07, 6.45) is 3.39. The van der Waals surface area contributed by atoms with Crippen LogP contribution in [0.1, 0.15) is 11.5 Å². The SMILES string of the molecule is O=C(O)C(CNCCn1ccnn1)c1ccccc1. The molecule has 0 amide bonds. The number of rotatable bonds is 7. The maximum Gasteiger partial charge on any atom is 0.312 e. The molecule has 0 fully saturated rings. The first-order valence-electron chi connectivity index (χ1n) is 6.10. The third kappa shape index (κ3) is 3.89. The Labute approximate surface area is 111 Å². The molecule has 2 rings (SSSR count). The minimum atomic E-state index is -0.820. The Balaban J connectivity index is 1.83. The van der Waals surface area contributed by atoms with Crippen molar-refractivity contribution < 1.29 is 9.90 Å². The fourth-order valence-corrected chi connectivity index (χ4v) is 1.83. The maximum absolute atomic E-state index is 11.3. The average Bonchev–Trinajstić information content (AvgIpc) is 2.92. The molecule has 0 aliphatic carbocycles. The molecule has 1 aromatic carbocycles. The van der Waals surface area contributed by atoms with E-state index in [1.807, 2.05) is 30.3 Å². The second-order valence-electron chi connectivity index (χ2n) is 4.17. The number of carboxylic acid groups (broad SMARTS) is 1. The van der Waals surface area contributed by atoms with Gasteiger partial charge in [0.05, 0.1) is 18.7 Å². The van der Waals surface area contributed by atoms with Crippen LogP contribution in [0.3, 0.4) is 0 Å². The van der Waals surface area contributed by atoms with Crippen molar-refractivity contribution in [3.05, 3.63) is 48.3 Å². The molecule has 2 aromatic rings. The molecule has 19 heavy (non-hydrogen) atoms. The topological polar surface area (TPSA) is 80.0 Å². The monoisotopic (exact) mass is 260 g/mol. The van der Waals surface area contributed by atoms with Crippen molar-refractivity contribution in [2.75, 3.05) is 13.1 Å². The van der Waals surface area contributed by atoms with Gasteiger partial charge >= 0.3 is 5.97 Å². The molecule has 100 valence electrons. The summed E-state index contributed by atoms with van der Waals surface area (Å²) in [6, 6.07) is 9.23. The van der Waals surface area contributed by atoms with Crippen LogP contribution in [-0.2, 0) is 11.3 Å². The van der Waals surface area contributed by atoms with Crippen molar-refractivity contribution in [3.63, 3.8) is 0 Å². The highest BCUT2D eigenvalue weighted by atomic mass is 16.4. The third-order valence-corrected chi connectivity index (χ3v) is 2.84. The molecule has 0 bridgehead atoms. The van der Waals surface area contributed by atoms with Crippen LogP contribution in [0.25, 0.3) is 0 Å². The van der Waals surface area contributed by atoms with Crippen LogP contribution < -0.4 is 5.32 Å². The summed E-state index contributed by atoms with van der Waals surface area (Å²) < 4.78 is 1.70. The molecule has 0 aliphatic heterocycles. The highest BCUT2D eigenvalue weighted by Crippen LogP contribution is 2.14. The number of hydrogen-bond acceptors (Lipinski definition) is 4. The molecule has 0 saturated carbocycles. The molecule has 1 aromatic heterocycles. The van der Waals surface area contributed by atoms with Crippen molar-refractivity contribution in [2.45, 2.75) is 12.5 Å². The molecule has 6 heteroatoms. The van der Waals surface area contributed by atoms with E-state index in [1.165, 1.54) is 0 Å². The van der Waals surface area contributed by atoms with Crippen molar-refractivity contribution in [1.29, 1.82) is 0 Å². The highest BCUT2D eigenvalue weighted by molar-refractivity contribution is 5.76. The molecular weight excluding hydrogens is 244 g/mol. The molecule has 1 unspecified atom stereocenters. The van der Waals surface area contributed by atoms with Gasteiger partial charge in [-0.15, -0.1) is 5.10 Å². The van der Waals surface area contributed by atoms with Gasteiger partial charge in [0.15, 0.2) is 0 Å². The van der Waals surface area contributed by atoms with Gasteiger partial charge in [0.25, 0.3) is 0 Å². The number of carbonyl (C=O) groups is 1. The number of aromatic nitrogens is 3. The van der Waals surface area contributed by atoms with Gasteiger partial charge in [-0.3, -0.25) is 9.48 Å².